The number of hydrogen-bond donors (Lipinski definition) is 2. The van der Waals surface area contributed by atoms with Crippen LogP contribution in [0.25, 0.3) is 27.7 Å². The Morgan fingerprint density at radius 1 is 1.13 bits per heavy atom. The van der Waals surface area contributed by atoms with Gasteiger partial charge in [0.15, 0.2) is 0 Å². The maximum atomic E-state index is 11.5. The first kappa shape index (κ1) is 18.6. The minimum atomic E-state index is -0.711. The van der Waals surface area contributed by atoms with Gasteiger partial charge in [0.1, 0.15) is 5.65 Å². The summed E-state index contributed by atoms with van der Waals surface area (Å²) in [5.41, 5.74) is 10.6. The smallest absolute Gasteiger partial charge is 0.307 e. The van der Waals surface area contributed by atoms with Crippen LogP contribution in [-0.4, -0.2) is 38.4 Å². The molecule has 0 spiro atoms. The summed E-state index contributed by atoms with van der Waals surface area (Å²) in [6.45, 7) is 2.08. The summed E-state index contributed by atoms with van der Waals surface area (Å²) in [6, 6.07) is 18.5. The average Bonchev–Trinajstić information content (AvgIpc) is 3.11. The Labute approximate surface area is 174 Å². The minimum Gasteiger partial charge on any atom is -0.481 e. The van der Waals surface area contributed by atoms with Crippen molar-refractivity contribution in [1.82, 2.24) is 14.3 Å². The van der Waals surface area contributed by atoms with Gasteiger partial charge in [-0.1, -0.05) is 36.4 Å². The van der Waals surface area contributed by atoms with E-state index in [0.29, 0.717) is 18.8 Å². The molecule has 6 heteroatoms. The van der Waals surface area contributed by atoms with E-state index in [4.69, 9.17) is 10.7 Å². The van der Waals surface area contributed by atoms with Crippen molar-refractivity contribution in [3.8, 4) is 11.3 Å². The van der Waals surface area contributed by atoms with E-state index in [2.05, 4.69) is 35.2 Å². The minimum absolute atomic E-state index is 0.313. The van der Waals surface area contributed by atoms with Crippen molar-refractivity contribution in [3.05, 3.63) is 66.5 Å². The second kappa shape index (κ2) is 7.46. The van der Waals surface area contributed by atoms with Crippen molar-refractivity contribution in [2.75, 3.05) is 18.8 Å². The zero-order valence-corrected chi connectivity index (χ0v) is 16.7. The van der Waals surface area contributed by atoms with Gasteiger partial charge in [0.2, 0.25) is 0 Å². The quantitative estimate of drug-likeness (QED) is 0.540. The van der Waals surface area contributed by atoms with Crippen LogP contribution in [0.5, 0.6) is 0 Å². The molecule has 0 bridgehead atoms. The molecule has 30 heavy (non-hydrogen) atoms. The maximum Gasteiger partial charge on any atom is 0.307 e. The number of carboxylic acids is 1. The number of anilines is 1. The molecule has 1 fully saturated rings. The van der Waals surface area contributed by atoms with Crippen molar-refractivity contribution >= 4 is 28.1 Å². The maximum absolute atomic E-state index is 11.5. The van der Waals surface area contributed by atoms with Gasteiger partial charge in [0, 0.05) is 30.5 Å². The molecule has 6 nitrogen and oxygen atoms in total. The molecule has 5 rings (SSSR count). The Morgan fingerprint density at radius 3 is 2.80 bits per heavy atom. The number of hydrogen-bond acceptors (Lipinski definition) is 4. The van der Waals surface area contributed by atoms with Crippen LogP contribution in [0.15, 0.2) is 60.8 Å². The van der Waals surface area contributed by atoms with Gasteiger partial charge in [-0.25, -0.2) is 4.98 Å². The second-order valence-corrected chi connectivity index (χ2v) is 8.07. The van der Waals surface area contributed by atoms with Crippen molar-refractivity contribution < 1.29 is 9.90 Å². The zero-order chi connectivity index (χ0) is 20.7. The van der Waals surface area contributed by atoms with E-state index in [0.717, 1.165) is 42.0 Å². The van der Waals surface area contributed by atoms with Gasteiger partial charge in [0.25, 0.3) is 0 Å². The van der Waals surface area contributed by atoms with E-state index in [1.165, 1.54) is 10.8 Å². The standard InChI is InChI=1S/C24H24N4O2/c25-20-9-10-22-26-23(18-8-7-16-4-1-2-5-17(16)12-18)21(28(22)14-20)15-27-11-3-6-19(13-27)24(29)30/h1-2,4-5,7-10,12,14,19H,3,6,11,13,15,25H2,(H,29,30). The molecule has 1 aliphatic heterocycles. The molecular weight excluding hydrogens is 376 g/mol. The largest absolute Gasteiger partial charge is 0.481 e. The third-order valence-corrected chi connectivity index (χ3v) is 5.99. The van der Waals surface area contributed by atoms with E-state index in [9.17, 15) is 9.90 Å². The fourth-order valence-corrected chi connectivity index (χ4v) is 4.44. The third kappa shape index (κ3) is 3.39. The fourth-order valence-electron chi connectivity index (χ4n) is 4.44. The Hall–Kier alpha value is -3.38. The topological polar surface area (TPSA) is 83.9 Å². The number of fused-ring (bicyclic) bond motifs is 2. The average molecular weight is 400 g/mol. The monoisotopic (exact) mass is 400 g/mol. The number of likely N-dealkylation sites (tertiary alicyclic amines) is 1. The van der Waals surface area contributed by atoms with E-state index in [-0.39, 0.29) is 5.92 Å². The lowest BCUT2D eigenvalue weighted by Crippen LogP contribution is -2.38. The predicted octanol–water partition coefficient (Wildman–Crippen LogP) is 4.03. The Morgan fingerprint density at radius 2 is 1.97 bits per heavy atom. The van der Waals surface area contributed by atoms with Crippen molar-refractivity contribution in [2.45, 2.75) is 19.4 Å². The molecule has 3 N–H and O–H groups in total. The van der Waals surface area contributed by atoms with E-state index >= 15 is 0 Å². The fraction of sp³-hybridized carbons (Fsp3) is 0.250. The van der Waals surface area contributed by atoms with Crippen molar-refractivity contribution in [2.24, 2.45) is 5.92 Å². The second-order valence-electron chi connectivity index (χ2n) is 8.07. The molecule has 1 atom stereocenters. The van der Waals surface area contributed by atoms with E-state index < -0.39 is 5.97 Å². The molecule has 4 aromatic rings. The Kier molecular flexibility index (Phi) is 4.64. The number of carboxylic acid groups (broad SMARTS) is 1. The summed E-state index contributed by atoms with van der Waals surface area (Å²) in [5.74, 6) is -1.02. The molecule has 2 aromatic carbocycles. The number of aliphatic carboxylic acids is 1. The van der Waals surface area contributed by atoms with Crippen LogP contribution in [0.1, 0.15) is 18.5 Å². The number of rotatable bonds is 4. The summed E-state index contributed by atoms with van der Waals surface area (Å²) >= 11 is 0. The van der Waals surface area contributed by atoms with Gasteiger partial charge >= 0.3 is 5.97 Å². The highest BCUT2D eigenvalue weighted by Crippen LogP contribution is 2.30. The highest BCUT2D eigenvalue weighted by atomic mass is 16.4. The molecule has 1 aliphatic rings. The molecule has 3 heterocycles. The number of piperidine rings is 1. The molecule has 0 aliphatic carbocycles. The number of carbonyl (C=O) groups is 1. The first-order valence-electron chi connectivity index (χ1n) is 10.3. The number of pyridine rings is 1. The van der Waals surface area contributed by atoms with Gasteiger partial charge in [-0.3, -0.25) is 9.69 Å². The molecule has 0 amide bonds. The van der Waals surface area contributed by atoms with Crippen LogP contribution in [0.3, 0.4) is 0 Å². The molecule has 1 saturated heterocycles. The zero-order valence-electron chi connectivity index (χ0n) is 16.7. The molecule has 0 radical (unpaired) electrons. The molecule has 152 valence electrons. The van der Waals surface area contributed by atoms with Crippen molar-refractivity contribution in [1.29, 1.82) is 0 Å². The van der Waals surface area contributed by atoms with Gasteiger partial charge in [0.05, 0.1) is 17.3 Å². The lowest BCUT2D eigenvalue weighted by Gasteiger charge is -2.30. The molecule has 2 aromatic heterocycles. The normalized spacial score (nSPS) is 17.5. The van der Waals surface area contributed by atoms with Crippen LogP contribution in [0.2, 0.25) is 0 Å². The number of benzene rings is 2. The summed E-state index contributed by atoms with van der Waals surface area (Å²) in [4.78, 5) is 18.6. The number of imidazole rings is 1. The highest BCUT2D eigenvalue weighted by Gasteiger charge is 2.27. The Bertz CT molecular complexity index is 1250. The van der Waals surface area contributed by atoms with Crippen LogP contribution < -0.4 is 5.73 Å². The first-order chi connectivity index (χ1) is 14.6. The van der Waals surface area contributed by atoms with Crippen LogP contribution in [0.4, 0.5) is 5.69 Å². The summed E-state index contributed by atoms with van der Waals surface area (Å²) in [6.07, 6.45) is 3.53. The summed E-state index contributed by atoms with van der Waals surface area (Å²) in [7, 11) is 0. The third-order valence-electron chi connectivity index (χ3n) is 5.99. The number of aromatic nitrogens is 2. The lowest BCUT2D eigenvalue weighted by atomic mass is 9.98. The SMILES string of the molecule is Nc1ccc2nc(-c3ccc4ccccc4c3)c(CN3CCCC(C(=O)O)C3)n2c1. The van der Waals surface area contributed by atoms with Gasteiger partial charge in [-0.2, -0.15) is 0 Å². The summed E-state index contributed by atoms with van der Waals surface area (Å²) < 4.78 is 2.05. The van der Waals surface area contributed by atoms with Gasteiger partial charge in [-0.05, 0) is 48.4 Å². The number of nitrogens with two attached hydrogens (primary N) is 1. The van der Waals surface area contributed by atoms with Gasteiger partial charge in [-0.15, -0.1) is 0 Å². The first-order valence-corrected chi connectivity index (χ1v) is 10.3. The van der Waals surface area contributed by atoms with E-state index in [1.807, 2.05) is 34.9 Å². The molecular formula is C24H24N4O2. The summed E-state index contributed by atoms with van der Waals surface area (Å²) in [5, 5.41) is 11.8. The van der Waals surface area contributed by atoms with E-state index in [1.54, 1.807) is 0 Å². The van der Waals surface area contributed by atoms with Crippen LogP contribution in [-0.2, 0) is 11.3 Å². The number of nitrogens with zero attached hydrogens (tertiary/aromatic N) is 3. The molecule has 1 unspecified atom stereocenters. The lowest BCUT2D eigenvalue weighted by molar-refractivity contribution is -0.143. The Balaban J connectivity index is 1.60. The van der Waals surface area contributed by atoms with Crippen molar-refractivity contribution in [3.63, 3.8) is 0 Å². The van der Waals surface area contributed by atoms with Gasteiger partial charge < -0.3 is 15.2 Å². The van der Waals surface area contributed by atoms with Crippen LogP contribution >= 0.6 is 0 Å². The van der Waals surface area contributed by atoms with Crippen LogP contribution in [0, 0.1) is 5.92 Å². The predicted molar refractivity (Wildman–Crippen MR) is 118 cm³/mol. The highest BCUT2D eigenvalue weighted by molar-refractivity contribution is 5.87. The molecule has 0 saturated carbocycles. The number of nitrogen functional groups attached to an aromatic ring is 1.